The van der Waals surface area contributed by atoms with Gasteiger partial charge in [-0.15, -0.1) is 4.99 Å². The molecular formula is C29H37ClN4O7. The molecule has 0 aliphatic carbocycles. The molecule has 11 nitrogen and oxygen atoms in total. The van der Waals surface area contributed by atoms with Gasteiger partial charge in [0.1, 0.15) is 12.2 Å². The van der Waals surface area contributed by atoms with Crippen molar-refractivity contribution >= 4 is 41.4 Å². The Labute approximate surface area is 244 Å². The van der Waals surface area contributed by atoms with Crippen LogP contribution < -0.4 is 16.0 Å². The van der Waals surface area contributed by atoms with Gasteiger partial charge in [-0.3, -0.25) is 10.1 Å². The van der Waals surface area contributed by atoms with Crippen molar-refractivity contribution in [1.29, 1.82) is 0 Å². The fourth-order valence-corrected chi connectivity index (χ4v) is 4.45. The molecule has 222 valence electrons. The van der Waals surface area contributed by atoms with Crippen LogP contribution in [0.25, 0.3) is 0 Å². The van der Waals surface area contributed by atoms with E-state index in [4.69, 9.17) is 30.5 Å². The zero-order valence-electron chi connectivity index (χ0n) is 23.9. The van der Waals surface area contributed by atoms with E-state index in [9.17, 15) is 14.4 Å². The third-order valence-corrected chi connectivity index (χ3v) is 6.44. The van der Waals surface area contributed by atoms with Crippen molar-refractivity contribution in [3.8, 4) is 0 Å². The summed E-state index contributed by atoms with van der Waals surface area (Å²) >= 11 is 6.79. The van der Waals surface area contributed by atoms with Gasteiger partial charge in [0.15, 0.2) is 0 Å². The number of guanidine groups is 1. The molecule has 3 rings (SSSR count). The van der Waals surface area contributed by atoms with Gasteiger partial charge < -0.3 is 29.6 Å². The predicted octanol–water partition coefficient (Wildman–Crippen LogP) is 5.13. The molecule has 12 heteroatoms. The maximum absolute atomic E-state index is 12.6. The summed E-state index contributed by atoms with van der Waals surface area (Å²) in [5.74, 6) is -0.477. The number of carbonyl (C=O) groups excluding carboxylic acids is 3. The SMILES string of the molecule is COC(=O)C[C@](C)(NC(=NC(=O)OC(C)(C)C)NC1CCOC1)c1cccc(NC(=O)OCc2ccccc2)c1Cl. The third-order valence-electron chi connectivity index (χ3n) is 6.03. The van der Waals surface area contributed by atoms with Crippen LogP contribution in [0.15, 0.2) is 53.5 Å². The number of anilines is 1. The number of rotatable bonds is 8. The minimum absolute atomic E-state index is 0.0675. The lowest BCUT2D eigenvalue weighted by atomic mass is 9.88. The number of halogens is 1. The number of benzene rings is 2. The predicted molar refractivity (Wildman–Crippen MR) is 155 cm³/mol. The van der Waals surface area contributed by atoms with Crippen LogP contribution in [0.2, 0.25) is 5.02 Å². The molecule has 0 spiro atoms. The molecule has 0 saturated carbocycles. The Hall–Kier alpha value is -3.83. The van der Waals surface area contributed by atoms with E-state index in [1.165, 1.54) is 7.11 Å². The summed E-state index contributed by atoms with van der Waals surface area (Å²) in [4.78, 5) is 41.9. The Bertz CT molecular complexity index is 1240. The molecule has 2 aromatic rings. The average Bonchev–Trinajstić information content (AvgIpc) is 3.41. The number of hydrogen-bond donors (Lipinski definition) is 3. The summed E-state index contributed by atoms with van der Waals surface area (Å²) in [5, 5.41) is 9.17. The van der Waals surface area contributed by atoms with Crippen LogP contribution in [0.3, 0.4) is 0 Å². The minimum atomic E-state index is -1.25. The molecule has 2 aromatic carbocycles. The van der Waals surface area contributed by atoms with Gasteiger partial charge in [0.2, 0.25) is 5.96 Å². The van der Waals surface area contributed by atoms with Crippen LogP contribution in [-0.2, 0) is 35.9 Å². The van der Waals surface area contributed by atoms with E-state index in [1.54, 1.807) is 45.9 Å². The van der Waals surface area contributed by atoms with Gasteiger partial charge in [0.05, 0.1) is 42.4 Å². The Morgan fingerprint density at radius 2 is 1.80 bits per heavy atom. The van der Waals surface area contributed by atoms with Crippen molar-refractivity contribution in [3.63, 3.8) is 0 Å². The highest BCUT2D eigenvalue weighted by molar-refractivity contribution is 6.34. The lowest BCUT2D eigenvalue weighted by Crippen LogP contribution is -2.53. The number of aliphatic imine (C=N–C) groups is 1. The third kappa shape index (κ3) is 9.94. The van der Waals surface area contributed by atoms with Crippen LogP contribution in [-0.4, -0.2) is 56.1 Å². The molecule has 1 heterocycles. The number of amides is 2. The summed E-state index contributed by atoms with van der Waals surface area (Å²) in [6.45, 7) is 7.94. The average molecular weight is 589 g/mol. The zero-order valence-corrected chi connectivity index (χ0v) is 24.7. The van der Waals surface area contributed by atoms with Gasteiger partial charge in [-0.25, -0.2) is 9.59 Å². The van der Waals surface area contributed by atoms with Crippen molar-refractivity contribution < 1.29 is 33.3 Å². The fourth-order valence-electron chi connectivity index (χ4n) is 4.07. The fraction of sp³-hybridized carbons (Fsp3) is 0.448. The lowest BCUT2D eigenvalue weighted by molar-refractivity contribution is -0.142. The highest BCUT2D eigenvalue weighted by Crippen LogP contribution is 2.36. The first-order valence-electron chi connectivity index (χ1n) is 13.2. The number of nitrogens with one attached hydrogen (secondary N) is 3. The Balaban J connectivity index is 1.90. The second-order valence-electron chi connectivity index (χ2n) is 10.7. The van der Waals surface area contributed by atoms with Crippen molar-refractivity contribution in [1.82, 2.24) is 10.6 Å². The Morgan fingerprint density at radius 1 is 1.07 bits per heavy atom. The first-order chi connectivity index (χ1) is 19.4. The van der Waals surface area contributed by atoms with Gasteiger partial charge in [-0.05, 0) is 51.3 Å². The monoisotopic (exact) mass is 588 g/mol. The van der Waals surface area contributed by atoms with E-state index in [1.807, 2.05) is 30.3 Å². The first kappa shape index (κ1) is 31.7. The van der Waals surface area contributed by atoms with Gasteiger partial charge in [0, 0.05) is 6.61 Å². The first-order valence-corrected chi connectivity index (χ1v) is 13.5. The Morgan fingerprint density at radius 3 is 2.44 bits per heavy atom. The second-order valence-corrected chi connectivity index (χ2v) is 11.1. The maximum atomic E-state index is 12.6. The molecule has 0 radical (unpaired) electrons. The van der Waals surface area contributed by atoms with E-state index >= 15 is 0 Å². The van der Waals surface area contributed by atoms with E-state index in [-0.39, 0.29) is 35.7 Å². The molecule has 0 bridgehead atoms. The van der Waals surface area contributed by atoms with Crippen LogP contribution in [0, 0.1) is 0 Å². The lowest BCUT2D eigenvalue weighted by Gasteiger charge is -2.34. The topological polar surface area (TPSA) is 137 Å². The van der Waals surface area contributed by atoms with Crippen LogP contribution in [0.5, 0.6) is 0 Å². The van der Waals surface area contributed by atoms with Crippen molar-refractivity contribution in [2.24, 2.45) is 4.99 Å². The van der Waals surface area contributed by atoms with Crippen LogP contribution in [0.1, 0.15) is 51.7 Å². The van der Waals surface area contributed by atoms with E-state index < -0.39 is 29.3 Å². The van der Waals surface area contributed by atoms with Gasteiger partial charge in [-0.1, -0.05) is 54.1 Å². The number of carbonyl (C=O) groups is 3. The Kier molecular flexibility index (Phi) is 11.0. The van der Waals surface area contributed by atoms with Crippen LogP contribution >= 0.6 is 11.6 Å². The summed E-state index contributed by atoms with van der Waals surface area (Å²) in [6, 6.07) is 14.1. The quantitative estimate of drug-likeness (QED) is 0.166. The summed E-state index contributed by atoms with van der Waals surface area (Å²) in [7, 11) is 1.27. The van der Waals surface area contributed by atoms with Gasteiger partial charge in [-0.2, -0.15) is 0 Å². The van der Waals surface area contributed by atoms with Crippen molar-refractivity contribution in [3.05, 3.63) is 64.7 Å². The molecule has 0 aromatic heterocycles. The van der Waals surface area contributed by atoms with Crippen LogP contribution in [0.4, 0.5) is 15.3 Å². The van der Waals surface area contributed by atoms with Gasteiger partial charge >= 0.3 is 18.2 Å². The standard InChI is InChI=1S/C29H37ClN4O7/c1-28(2,3)41-27(37)33-25(31-20-14-15-39-18-20)34-29(4,16-23(35)38-5)21-12-9-13-22(24(21)30)32-26(36)40-17-19-10-7-6-8-11-19/h6-13,20H,14-18H2,1-5H3,(H,32,36)(H2,31,33,34,37)/t20?,29-/m0/s1. The number of esters is 1. The highest BCUT2D eigenvalue weighted by Gasteiger charge is 2.35. The van der Waals surface area contributed by atoms with E-state index in [2.05, 4.69) is 20.9 Å². The number of nitrogens with zero attached hydrogens (tertiary/aromatic N) is 1. The molecule has 2 atom stereocenters. The molecule has 1 saturated heterocycles. The van der Waals surface area contributed by atoms with Crippen molar-refractivity contribution in [2.75, 3.05) is 25.6 Å². The van der Waals surface area contributed by atoms with E-state index in [0.717, 1.165) is 5.56 Å². The molecule has 3 N–H and O–H groups in total. The van der Waals surface area contributed by atoms with Crippen molar-refractivity contribution in [2.45, 2.75) is 64.3 Å². The smallest absolute Gasteiger partial charge is 0.437 e. The molecule has 1 aliphatic heterocycles. The minimum Gasteiger partial charge on any atom is -0.469 e. The second kappa shape index (κ2) is 14.2. The molecular weight excluding hydrogens is 552 g/mol. The highest BCUT2D eigenvalue weighted by atomic mass is 35.5. The molecule has 41 heavy (non-hydrogen) atoms. The molecule has 1 aliphatic rings. The van der Waals surface area contributed by atoms with Gasteiger partial charge in [0.25, 0.3) is 0 Å². The summed E-state index contributed by atoms with van der Waals surface area (Å²) in [5.41, 5.74) is -0.483. The van der Waals surface area contributed by atoms with E-state index in [0.29, 0.717) is 25.2 Å². The molecule has 2 amide bonds. The number of methoxy groups -OCH3 is 1. The normalized spacial score (nSPS) is 16.7. The number of hydrogen-bond acceptors (Lipinski definition) is 7. The summed E-state index contributed by atoms with van der Waals surface area (Å²) in [6.07, 6.45) is -1.03. The summed E-state index contributed by atoms with van der Waals surface area (Å²) < 4.78 is 21.1. The number of ether oxygens (including phenoxy) is 4. The largest absolute Gasteiger partial charge is 0.469 e. The maximum Gasteiger partial charge on any atom is 0.437 e. The molecule has 1 fully saturated rings. The molecule has 1 unspecified atom stereocenters. The zero-order chi connectivity index (χ0) is 30.0.